The van der Waals surface area contributed by atoms with Crippen LogP contribution in [0.5, 0.6) is 11.5 Å². The summed E-state index contributed by atoms with van der Waals surface area (Å²) < 4.78 is 10.9. The Labute approximate surface area is 108 Å². The second-order valence-corrected chi connectivity index (χ2v) is 5.57. The van der Waals surface area contributed by atoms with Gasteiger partial charge in [0.25, 0.3) is 0 Å². The van der Waals surface area contributed by atoms with Crippen molar-refractivity contribution >= 4 is 0 Å². The molecule has 2 unspecified atom stereocenters. The molecule has 1 aromatic rings. The molecule has 0 radical (unpaired) electrons. The van der Waals surface area contributed by atoms with Crippen LogP contribution in [0.3, 0.4) is 0 Å². The molecule has 1 heterocycles. The van der Waals surface area contributed by atoms with Crippen LogP contribution in [-0.4, -0.2) is 13.3 Å². The first-order valence-corrected chi connectivity index (χ1v) is 6.91. The van der Waals surface area contributed by atoms with E-state index in [1.807, 2.05) is 12.1 Å². The molecule has 1 saturated carbocycles. The smallest absolute Gasteiger partial charge is 0.231 e. The maximum atomic E-state index is 5.51. The highest BCUT2D eigenvalue weighted by molar-refractivity contribution is 5.48. The first-order chi connectivity index (χ1) is 8.83. The van der Waals surface area contributed by atoms with Crippen molar-refractivity contribution in [1.82, 2.24) is 5.32 Å². The molecule has 0 saturated heterocycles. The zero-order valence-corrected chi connectivity index (χ0v) is 10.9. The maximum Gasteiger partial charge on any atom is 0.231 e. The van der Waals surface area contributed by atoms with E-state index >= 15 is 0 Å². The largest absolute Gasteiger partial charge is 0.454 e. The van der Waals surface area contributed by atoms with Crippen molar-refractivity contribution in [2.75, 3.05) is 13.3 Å². The monoisotopic (exact) mass is 247 g/mol. The quantitative estimate of drug-likeness (QED) is 0.887. The van der Waals surface area contributed by atoms with Crippen LogP contribution >= 0.6 is 0 Å². The Morgan fingerprint density at radius 1 is 1.28 bits per heavy atom. The topological polar surface area (TPSA) is 30.5 Å². The minimum absolute atomic E-state index is 0.354. The summed E-state index contributed by atoms with van der Waals surface area (Å²) in [7, 11) is 0. The van der Waals surface area contributed by atoms with Crippen LogP contribution in [0.25, 0.3) is 0 Å². The van der Waals surface area contributed by atoms with Crippen LogP contribution in [0.1, 0.15) is 31.7 Å². The third kappa shape index (κ3) is 2.46. The molecule has 1 aromatic carbocycles. The fourth-order valence-corrected chi connectivity index (χ4v) is 3.05. The SMILES string of the molecule is CC1CCC(CNCc2cccc3c2OCO3)C1. The Bertz CT molecular complexity index is 419. The number of nitrogens with one attached hydrogen (secondary N) is 1. The number of para-hydroxylation sites is 1. The Hall–Kier alpha value is -1.22. The lowest BCUT2D eigenvalue weighted by molar-refractivity contribution is 0.173. The van der Waals surface area contributed by atoms with Crippen LogP contribution < -0.4 is 14.8 Å². The van der Waals surface area contributed by atoms with Crippen LogP contribution in [0.2, 0.25) is 0 Å². The summed E-state index contributed by atoms with van der Waals surface area (Å²) in [6.07, 6.45) is 4.14. The van der Waals surface area contributed by atoms with E-state index in [2.05, 4.69) is 18.3 Å². The molecule has 1 fully saturated rings. The van der Waals surface area contributed by atoms with Crippen LogP contribution in [0.4, 0.5) is 0 Å². The molecule has 1 N–H and O–H groups in total. The van der Waals surface area contributed by atoms with Crippen molar-refractivity contribution in [1.29, 1.82) is 0 Å². The van der Waals surface area contributed by atoms with Gasteiger partial charge in [-0.25, -0.2) is 0 Å². The highest BCUT2D eigenvalue weighted by atomic mass is 16.7. The van der Waals surface area contributed by atoms with Gasteiger partial charge in [-0.1, -0.05) is 25.5 Å². The zero-order chi connectivity index (χ0) is 12.4. The highest BCUT2D eigenvalue weighted by Crippen LogP contribution is 2.35. The van der Waals surface area contributed by atoms with Gasteiger partial charge < -0.3 is 14.8 Å². The summed E-state index contributed by atoms with van der Waals surface area (Å²) in [5, 5.41) is 3.56. The standard InChI is InChI=1S/C15H21NO2/c1-11-5-6-12(7-11)8-16-9-13-3-2-4-14-15(13)18-10-17-14/h2-4,11-12,16H,5-10H2,1H3. The number of rotatable bonds is 4. The Morgan fingerprint density at radius 2 is 2.22 bits per heavy atom. The van der Waals surface area contributed by atoms with E-state index < -0.39 is 0 Å². The third-order valence-corrected chi connectivity index (χ3v) is 4.03. The molecule has 1 aliphatic heterocycles. The van der Waals surface area contributed by atoms with Crippen molar-refractivity contribution in [3.63, 3.8) is 0 Å². The number of benzene rings is 1. The van der Waals surface area contributed by atoms with E-state index in [9.17, 15) is 0 Å². The Kier molecular flexibility index (Phi) is 3.41. The van der Waals surface area contributed by atoms with Crippen molar-refractivity contribution in [2.45, 2.75) is 32.7 Å². The lowest BCUT2D eigenvalue weighted by atomic mass is 10.1. The molecule has 3 heteroatoms. The number of hydrogen-bond donors (Lipinski definition) is 1. The number of hydrogen-bond acceptors (Lipinski definition) is 3. The lowest BCUT2D eigenvalue weighted by Crippen LogP contribution is -2.21. The van der Waals surface area contributed by atoms with Gasteiger partial charge in [0.2, 0.25) is 6.79 Å². The highest BCUT2D eigenvalue weighted by Gasteiger charge is 2.21. The summed E-state index contributed by atoms with van der Waals surface area (Å²) in [5.74, 6) is 3.57. The van der Waals surface area contributed by atoms with Crippen molar-refractivity contribution in [2.24, 2.45) is 11.8 Å². The van der Waals surface area contributed by atoms with Gasteiger partial charge in [0.05, 0.1) is 0 Å². The van der Waals surface area contributed by atoms with E-state index in [1.54, 1.807) is 0 Å². The van der Waals surface area contributed by atoms with Gasteiger partial charge in [0, 0.05) is 12.1 Å². The summed E-state index contributed by atoms with van der Waals surface area (Å²) in [6, 6.07) is 6.10. The van der Waals surface area contributed by atoms with E-state index in [1.165, 1.54) is 24.8 Å². The van der Waals surface area contributed by atoms with Gasteiger partial charge in [-0.3, -0.25) is 0 Å². The van der Waals surface area contributed by atoms with Crippen molar-refractivity contribution < 1.29 is 9.47 Å². The first-order valence-electron chi connectivity index (χ1n) is 6.91. The maximum absolute atomic E-state index is 5.51. The minimum Gasteiger partial charge on any atom is -0.454 e. The molecule has 98 valence electrons. The normalized spacial score (nSPS) is 25.6. The summed E-state index contributed by atoms with van der Waals surface area (Å²) in [5.41, 5.74) is 1.20. The van der Waals surface area contributed by atoms with Gasteiger partial charge in [-0.2, -0.15) is 0 Å². The second kappa shape index (κ2) is 5.19. The molecule has 0 aromatic heterocycles. The molecule has 0 amide bonds. The minimum atomic E-state index is 0.354. The molecule has 0 spiro atoms. The summed E-state index contributed by atoms with van der Waals surface area (Å²) in [6.45, 7) is 4.70. The third-order valence-electron chi connectivity index (χ3n) is 4.03. The van der Waals surface area contributed by atoms with Gasteiger partial charge in [0.1, 0.15) is 0 Å². The van der Waals surface area contributed by atoms with Gasteiger partial charge in [-0.15, -0.1) is 0 Å². The molecular formula is C15H21NO2. The van der Waals surface area contributed by atoms with Gasteiger partial charge in [-0.05, 0) is 37.3 Å². The van der Waals surface area contributed by atoms with Crippen LogP contribution in [0.15, 0.2) is 18.2 Å². The first kappa shape index (κ1) is 11.8. The van der Waals surface area contributed by atoms with E-state index in [4.69, 9.17) is 9.47 Å². The van der Waals surface area contributed by atoms with E-state index in [-0.39, 0.29) is 0 Å². The van der Waals surface area contributed by atoms with Crippen molar-refractivity contribution in [3.8, 4) is 11.5 Å². The number of fused-ring (bicyclic) bond motifs is 1. The zero-order valence-electron chi connectivity index (χ0n) is 10.9. The summed E-state index contributed by atoms with van der Waals surface area (Å²) >= 11 is 0. The number of ether oxygens (including phenoxy) is 2. The van der Waals surface area contributed by atoms with Gasteiger partial charge in [0.15, 0.2) is 11.5 Å². The van der Waals surface area contributed by atoms with E-state index in [0.29, 0.717) is 6.79 Å². The Morgan fingerprint density at radius 3 is 3.06 bits per heavy atom. The lowest BCUT2D eigenvalue weighted by Gasteiger charge is -2.12. The van der Waals surface area contributed by atoms with Crippen LogP contribution in [0, 0.1) is 11.8 Å². The van der Waals surface area contributed by atoms with Gasteiger partial charge >= 0.3 is 0 Å². The molecule has 18 heavy (non-hydrogen) atoms. The molecular weight excluding hydrogens is 226 g/mol. The van der Waals surface area contributed by atoms with E-state index in [0.717, 1.165) is 36.4 Å². The predicted molar refractivity (Wildman–Crippen MR) is 70.8 cm³/mol. The second-order valence-electron chi connectivity index (χ2n) is 5.57. The Balaban J connectivity index is 1.53. The molecule has 2 aliphatic rings. The fraction of sp³-hybridized carbons (Fsp3) is 0.600. The molecule has 2 atom stereocenters. The molecule has 3 rings (SSSR count). The molecule has 1 aliphatic carbocycles. The average molecular weight is 247 g/mol. The summed E-state index contributed by atoms with van der Waals surface area (Å²) in [4.78, 5) is 0. The molecule has 3 nitrogen and oxygen atoms in total. The van der Waals surface area contributed by atoms with Crippen molar-refractivity contribution in [3.05, 3.63) is 23.8 Å². The molecule has 0 bridgehead atoms. The predicted octanol–water partition coefficient (Wildman–Crippen LogP) is 2.94. The van der Waals surface area contributed by atoms with Crippen LogP contribution in [-0.2, 0) is 6.54 Å². The average Bonchev–Trinajstić information content (AvgIpc) is 2.98. The fourth-order valence-electron chi connectivity index (χ4n) is 3.05.